The number of aliphatic hydroxyl groups is 1. The van der Waals surface area contributed by atoms with Crippen molar-refractivity contribution in [2.75, 3.05) is 6.54 Å². The molecule has 0 aliphatic heterocycles. The predicted octanol–water partition coefficient (Wildman–Crippen LogP) is -0.735. The molecule has 3 N–H and O–H groups in total. The molecule has 0 fully saturated rings. The largest absolute Gasteiger partial charge is 0.365 e. The zero-order valence-corrected chi connectivity index (χ0v) is 6.69. The number of Topliss-reactive ketones (excluding diaryl/α,β-unsaturated/α-hetero) is 1. The first kappa shape index (κ1) is 9.90. The number of hydrogen-bond donors (Lipinski definition) is 4. The summed E-state index contributed by atoms with van der Waals surface area (Å²) in [6.07, 6.45) is -0.422. The van der Waals surface area contributed by atoms with Gasteiger partial charge in [0.05, 0.1) is 0 Å². The lowest BCUT2D eigenvalue weighted by Crippen LogP contribution is -2.38. The Labute approximate surface area is 65.5 Å². The van der Waals surface area contributed by atoms with E-state index >= 15 is 0 Å². The quantitative estimate of drug-likeness (QED) is 0.319. The second kappa shape index (κ2) is 5.67. The van der Waals surface area contributed by atoms with Gasteiger partial charge in [-0.15, -0.1) is 0 Å². The molecule has 0 bridgehead atoms. The van der Waals surface area contributed by atoms with Crippen molar-refractivity contribution in [1.82, 2.24) is 10.0 Å². The van der Waals surface area contributed by atoms with Gasteiger partial charge in [0.1, 0.15) is 5.78 Å². The maximum Gasteiger partial charge on any atom is 0.169 e. The number of aliphatic hydroxyl groups excluding tert-OH is 1. The minimum atomic E-state index is -0.845. The smallest absolute Gasteiger partial charge is 0.169 e. The van der Waals surface area contributed by atoms with Gasteiger partial charge in [-0.3, -0.25) is 10.1 Å². The van der Waals surface area contributed by atoms with Crippen LogP contribution in [0.25, 0.3) is 0 Å². The third-order valence-corrected chi connectivity index (χ3v) is 1.18. The van der Waals surface area contributed by atoms with Gasteiger partial charge >= 0.3 is 0 Å². The molecule has 0 aromatic rings. The Hall–Kier alpha value is -0.100. The Bertz CT molecular complexity index is 110. The van der Waals surface area contributed by atoms with Crippen molar-refractivity contribution in [1.29, 1.82) is 0 Å². The molecule has 5 heteroatoms. The molecule has 10 heavy (non-hydrogen) atoms. The van der Waals surface area contributed by atoms with Gasteiger partial charge in [-0.25, -0.2) is 4.72 Å². The summed E-state index contributed by atoms with van der Waals surface area (Å²) in [6.45, 7) is 1.96. The minimum absolute atomic E-state index is 0.0962. The molecule has 60 valence electrons. The van der Waals surface area contributed by atoms with Gasteiger partial charge in [0.15, 0.2) is 6.35 Å². The van der Waals surface area contributed by atoms with Crippen molar-refractivity contribution in [3.63, 3.8) is 0 Å². The summed E-state index contributed by atoms with van der Waals surface area (Å²) < 4.78 is 2.27. The maximum absolute atomic E-state index is 10.4. The van der Waals surface area contributed by atoms with Crippen LogP contribution >= 0.6 is 12.8 Å². The normalized spacial score (nSPS) is 13.1. The molecule has 0 rings (SSSR count). The summed E-state index contributed by atoms with van der Waals surface area (Å²) in [7, 11) is 0. The Balaban J connectivity index is 3.11. The van der Waals surface area contributed by atoms with Crippen LogP contribution in [0.2, 0.25) is 0 Å². The van der Waals surface area contributed by atoms with Crippen molar-refractivity contribution in [2.24, 2.45) is 0 Å². The van der Waals surface area contributed by atoms with Crippen LogP contribution in [0.1, 0.15) is 13.3 Å². The molecule has 0 heterocycles. The number of rotatable bonds is 5. The van der Waals surface area contributed by atoms with E-state index in [1.165, 1.54) is 6.92 Å². The standard InChI is InChI=1S/C5H12N2O2S/c1-4(8)2-3-6-5(9)7-10/h5-7,9-10H,2-3H2,1H3. The number of ketones is 1. The van der Waals surface area contributed by atoms with E-state index in [4.69, 9.17) is 5.11 Å². The van der Waals surface area contributed by atoms with E-state index in [1.807, 2.05) is 0 Å². The second-order valence-electron chi connectivity index (χ2n) is 1.94. The molecular formula is C5H12N2O2S. The van der Waals surface area contributed by atoms with E-state index in [9.17, 15) is 4.79 Å². The third-order valence-electron chi connectivity index (χ3n) is 0.937. The van der Waals surface area contributed by atoms with Crippen LogP contribution in [-0.2, 0) is 4.79 Å². The highest BCUT2D eigenvalue weighted by molar-refractivity contribution is 7.78. The van der Waals surface area contributed by atoms with Gasteiger partial charge in [-0.05, 0) is 6.92 Å². The monoisotopic (exact) mass is 164 g/mol. The van der Waals surface area contributed by atoms with E-state index in [0.717, 1.165) is 0 Å². The number of thiol groups is 1. The number of carbonyl (C=O) groups excluding carboxylic acids is 1. The molecule has 0 aliphatic carbocycles. The first-order valence-corrected chi connectivity index (χ1v) is 3.42. The maximum atomic E-state index is 10.4. The molecule has 0 amide bonds. The SMILES string of the molecule is CC(=O)CCNC(O)NS. The first-order chi connectivity index (χ1) is 4.66. The fourth-order valence-electron chi connectivity index (χ4n) is 0.431. The van der Waals surface area contributed by atoms with Gasteiger partial charge in [0.2, 0.25) is 0 Å². The molecule has 0 aromatic heterocycles. The fourth-order valence-corrected chi connectivity index (χ4v) is 0.522. The van der Waals surface area contributed by atoms with Gasteiger partial charge in [-0.2, -0.15) is 0 Å². The number of carbonyl (C=O) groups is 1. The lowest BCUT2D eigenvalue weighted by molar-refractivity contribution is -0.117. The zero-order valence-electron chi connectivity index (χ0n) is 5.79. The van der Waals surface area contributed by atoms with Crippen LogP contribution in [0.3, 0.4) is 0 Å². The Morgan fingerprint density at radius 2 is 2.40 bits per heavy atom. The van der Waals surface area contributed by atoms with E-state index in [-0.39, 0.29) is 5.78 Å². The summed E-state index contributed by atoms with van der Waals surface area (Å²) in [5.41, 5.74) is 0. The van der Waals surface area contributed by atoms with Crippen molar-refractivity contribution in [3.8, 4) is 0 Å². The average molecular weight is 164 g/mol. The fraction of sp³-hybridized carbons (Fsp3) is 0.800. The molecule has 0 saturated heterocycles. The lowest BCUT2D eigenvalue weighted by Gasteiger charge is -2.08. The predicted molar refractivity (Wildman–Crippen MR) is 41.4 cm³/mol. The number of nitrogens with one attached hydrogen (secondary N) is 2. The van der Waals surface area contributed by atoms with E-state index in [2.05, 4.69) is 22.9 Å². The highest BCUT2D eigenvalue weighted by Gasteiger charge is 1.98. The number of hydrogen-bond acceptors (Lipinski definition) is 5. The summed E-state index contributed by atoms with van der Waals surface area (Å²) in [5, 5.41) is 11.4. The highest BCUT2D eigenvalue weighted by Crippen LogP contribution is 1.79. The van der Waals surface area contributed by atoms with Crippen LogP contribution in [0.5, 0.6) is 0 Å². The molecule has 0 aliphatic rings. The molecule has 0 spiro atoms. The van der Waals surface area contributed by atoms with Gasteiger partial charge in [-0.1, -0.05) is 12.8 Å². The Morgan fingerprint density at radius 1 is 1.80 bits per heavy atom. The van der Waals surface area contributed by atoms with E-state index < -0.39 is 6.35 Å². The summed E-state index contributed by atoms with van der Waals surface area (Å²) in [5.74, 6) is 0.0962. The van der Waals surface area contributed by atoms with Gasteiger partial charge in [0, 0.05) is 13.0 Å². The van der Waals surface area contributed by atoms with Crippen LogP contribution in [0.4, 0.5) is 0 Å². The molecule has 0 aromatic carbocycles. The first-order valence-electron chi connectivity index (χ1n) is 2.97. The van der Waals surface area contributed by atoms with Gasteiger partial charge in [0.25, 0.3) is 0 Å². The van der Waals surface area contributed by atoms with Crippen LogP contribution < -0.4 is 10.0 Å². The van der Waals surface area contributed by atoms with Crippen molar-refractivity contribution in [3.05, 3.63) is 0 Å². The third kappa shape index (κ3) is 6.03. The Kier molecular flexibility index (Phi) is 5.61. The highest BCUT2D eigenvalue weighted by atomic mass is 32.1. The van der Waals surface area contributed by atoms with Crippen molar-refractivity contribution >= 4 is 18.6 Å². The van der Waals surface area contributed by atoms with Crippen LogP contribution in [0.15, 0.2) is 0 Å². The van der Waals surface area contributed by atoms with Gasteiger partial charge < -0.3 is 5.11 Å². The summed E-state index contributed by atoms with van der Waals surface area (Å²) in [6, 6.07) is 0. The molecule has 0 radical (unpaired) electrons. The molecule has 4 nitrogen and oxygen atoms in total. The van der Waals surface area contributed by atoms with E-state index in [1.54, 1.807) is 0 Å². The Morgan fingerprint density at radius 3 is 2.80 bits per heavy atom. The topological polar surface area (TPSA) is 61.4 Å². The van der Waals surface area contributed by atoms with Crippen LogP contribution in [-0.4, -0.2) is 23.8 Å². The van der Waals surface area contributed by atoms with Crippen molar-refractivity contribution in [2.45, 2.75) is 19.7 Å². The lowest BCUT2D eigenvalue weighted by atomic mass is 10.3. The summed E-state index contributed by atoms with van der Waals surface area (Å²) in [4.78, 5) is 10.4. The molecule has 0 saturated carbocycles. The second-order valence-corrected chi connectivity index (χ2v) is 2.20. The molecular weight excluding hydrogens is 152 g/mol. The van der Waals surface area contributed by atoms with E-state index in [0.29, 0.717) is 13.0 Å². The minimum Gasteiger partial charge on any atom is -0.365 e. The average Bonchev–Trinajstić information content (AvgIpc) is 1.87. The molecule has 1 unspecified atom stereocenters. The van der Waals surface area contributed by atoms with Crippen LogP contribution in [0, 0.1) is 0 Å². The summed E-state index contributed by atoms with van der Waals surface area (Å²) >= 11 is 3.59. The molecule has 1 atom stereocenters. The zero-order chi connectivity index (χ0) is 7.98. The van der Waals surface area contributed by atoms with Crippen molar-refractivity contribution < 1.29 is 9.90 Å².